The summed E-state index contributed by atoms with van der Waals surface area (Å²) in [4.78, 5) is -0.122. The molecule has 1 saturated heterocycles. The molecular weight excluding hydrogens is 232 g/mol. The summed E-state index contributed by atoms with van der Waals surface area (Å²) < 4.78 is 5.90. The molecule has 2 fully saturated rings. The number of aliphatic hydroxyl groups is 1. The van der Waals surface area contributed by atoms with Crippen LogP contribution in [-0.4, -0.2) is 22.4 Å². The summed E-state index contributed by atoms with van der Waals surface area (Å²) in [6.45, 7) is 0.829. The van der Waals surface area contributed by atoms with Gasteiger partial charge >= 0.3 is 0 Å². The molecule has 1 aliphatic carbocycles. The van der Waals surface area contributed by atoms with E-state index < -0.39 is 5.60 Å². The molecule has 92 valence electrons. The third-order valence-corrected chi connectivity index (χ3v) is 5.20. The highest BCUT2D eigenvalue weighted by Crippen LogP contribution is 2.51. The van der Waals surface area contributed by atoms with Gasteiger partial charge in [0.15, 0.2) is 0 Å². The molecular formula is C14H18O2S. The molecule has 0 amide bonds. The van der Waals surface area contributed by atoms with Crippen LogP contribution in [0.4, 0.5) is 0 Å². The van der Waals surface area contributed by atoms with E-state index in [0.29, 0.717) is 0 Å². The molecule has 1 spiro atoms. The van der Waals surface area contributed by atoms with Crippen LogP contribution in [0.15, 0.2) is 30.3 Å². The van der Waals surface area contributed by atoms with Crippen molar-refractivity contribution in [2.45, 2.75) is 36.2 Å². The third-order valence-electron chi connectivity index (χ3n) is 3.83. The summed E-state index contributed by atoms with van der Waals surface area (Å²) in [5, 5.41) is 10.9. The largest absolute Gasteiger partial charge is 0.385 e. The second-order valence-electron chi connectivity index (χ2n) is 5.04. The van der Waals surface area contributed by atoms with Crippen LogP contribution in [0.5, 0.6) is 0 Å². The van der Waals surface area contributed by atoms with Crippen molar-refractivity contribution in [1.82, 2.24) is 0 Å². The maximum absolute atomic E-state index is 10.9. The molecule has 1 aromatic rings. The van der Waals surface area contributed by atoms with Crippen molar-refractivity contribution in [3.05, 3.63) is 35.9 Å². The summed E-state index contributed by atoms with van der Waals surface area (Å²) in [6, 6.07) is 10.0. The zero-order valence-electron chi connectivity index (χ0n) is 9.89. The standard InChI is InChI=1S/C14H18O2S/c15-13(12-5-2-1-3-6-12)7-4-8-14(11-13)16-9-10-17-14/h1-3,5-6,15H,4,7-11H2. The predicted octanol–water partition coefficient (Wildman–Crippen LogP) is 2.91. The fraction of sp³-hybridized carbons (Fsp3) is 0.571. The van der Waals surface area contributed by atoms with E-state index in [-0.39, 0.29) is 4.93 Å². The normalized spacial score (nSPS) is 37.5. The summed E-state index contributed by atoms with van der Waals surface area (Å²) >= 11 is 1.88. The van der Waals surface area contributed by atoms with Crippen molar-refractivity contribution in [3.63, 3.8) is 0 Å². The van der Waals surface area contributed by atoms with Gasteiger partial charge in [-0.1, -0.05) is 30.3 Å². The summed E-state index contributed by atoms with van der Waals surface area (Å²) in [5.41, 5.74) is 0.340. The predicted molar refractivity (Wildman–Crippen MR) is 69.9 cm³/mol. The number of hydrogen-bond donors (Lipinski definition) is 1. The Balaban J connectivity index is 1.87. The monoisotopic (exact) mass is 250 g/mol. The van der Waals surface area contributed by atoms with Gasteiger partial charge in [0.2, 0.25) is 0 Å². The average Bonchev–Trinajstić information content (AvgIpc) is 2.78. The van der Waals surface area contributed by atoms with Crippen LogP contribution < -0.4 is 0 Å². The Kier molecular flexibility index (Phi) is 2.93. The van der Waals surface area contributed by atoms with Crippen LogP contribution in [0.1, 0.15) is 31.2 Å². The molecule has 1 saturated carbocycles. The Labute approximate surface area is 106 Å². The molecule has 2 atom stereocenters. The number of benzene rings is 1. The fourth-order valence-electron chi connectivity index (χ4n) is 3.01. The molecule has 1 aromatic carbocycles. The molecule has 0 radical (unpaired) electrons. The van der Waals surface area contributed by atoms with Crippen molar-refractivity contribution in [2.24, 2.45) is 0 Å². The summed E-state index contributed by atoms with van der Waals surface area (Å²) in [6.07, 6.45) is 3.70. The first kappa shape index (κ1) is 11.6. The van der Waals surface area contributed by atoms with Gasteiger partial charge in [-0.2, -0.15) is 0 Å². The van der Waals surface area contributed by atoms with Crippen LogP contribution in [0.3, 0.4) is 0 Å². The quantitative estimate of drug-likeness (QED) is 0.831. The van der Waals surface area contributed by atoms with Crippen LogP contribution in [0, 0.1) is 0 Å². The molecule has 3 heteroatoms. The van der Waals surface area contributed by atoms with Crippen LogP contribution in [0.2, 0.25) is 0 Å². The highest BCUT2D eigenvalue weighted by molar-refractivity contribution is 8.00. The van der Waals surface area contributed by atoms with Gasteiger partial charge in [0.25, 0.3) is 0 Å². The van der Waals surface area contributed by atoms with Gasteiger partial charge in [0, 0.05) is 12.2 Å². The highest BCUT2D eigenvalue weighted by atomic mass is 32.2. The summed E-state index contributed by atoms with van der Waals surface area (Å²) in [5.74, 6) is 1.06. The Morgan fingerprint density at radius 3 is 2.71 bits per heavy atom. The smallest absolute Gasteiger partial charge is 0.116 e. The van der Waals surface area contributed by atoms with E-state index in [1.165, 1.54) is 0 Å². The van der Waals surface area contributed by atoms with Gasteiger partial charge in [-0.3, -0.25) is 0 Å². The van der Waals surface area contributed by atoms with Crippen molar-refractivity contribution < 1.29 is 9.84 Å². The number of thioether (sulfide) groups is 1. The molecule has 2 aliphatic rings. The molecule has 0 aromatic heterocycles. The zero-order valence-corrected chi connectivity index (χ0v) is 10.7. The first-order chi connectivity index (χ1) is 8.23. The van der Waals surface area contributed by atoms with E-state index in [2.05, 4.69) is 0 Å². The lowest BCUT2D eigenvalue weighted by Crippen LogP contribution is -2.41. The van der Waals surface area contributed by atoms with Crippen molar-refractivity contribution >= 4 is 11.8 Å². The second-order valence-corrected chi connectivity index (χ2v) is 6.48. The lowest BCUT2D eigenvalue weighted by Gasteiger charge is -2.42. The maximum Gasteiger partial charge on any atom is 0.116 e. The van der Waals surface area contributed by atoms with Gasteiger partial charge in [-0.25, -0.2) is 0 Å². The minimum Gasteiger partial charge on any atom is -0.385 e. The topological polar surface area (TPSA) is 29.5 Å². The van der Waals surface area contributed by atoms with Crippen molar-refractivity contribution in [2.75, 3.05) is 12.4 Å². The molecule has 3 rings (SSSR count). The summed E-state index contributed by atoms with van der Waals surface area (Å²) in [7, 11) is 0. The fourth-order valence-corrected chi connectivity index (χ4v) is 4.35. The van der Waals surface area contributed by atoms with E-state index >= 15 is 0 Å². The van der Waals surface area contributed by atoms with E-state index in [4.69, 9.17) is 4.74 Å². The molecule has 2 nitrogen and oxygen atoms in total. The zero-order chi connectivity index (χ0) is 11.8. The third kappa shape index (κ3) is 2.12. The molecule has 1 heterocycles. The Morgan fingerprint density at radius 1 is 1.18 bits per heavy atom. The average molecular weight is 250 g/mol. The minimum absolute atomic E-state index is 0.122. The molecule has 2 unspecified atom stereocenters. The van der Waals surface area contributed by atoms with Gasteiger partial charge in [0.05, 0.1) is 12.2 Å². The van der Waals surface area contributed by atoms with E-state index in [1.807, 2.05) is 42.1 Å². The van der Waals surface area contributed by atoms with Crippen LogP contribution in [0.25, 0.3) is 0 Å². The first-order valence-corrected chi connectivity index (χ1v) is 7.27. The van der Waals surface area contributed by atoms with Crippen LogP contribution in [-0.2, 0) is 10.3 Å². The number of hydrogen-bond acceptors (Lipinski definition) is 3. The van der Waals surface area contributed by atoms with Gasteiger partial charge < -0.3 is 9.84 Å². The number of ether oxygens (including phenoxy) is 1. The van der Waals surface area contributed by atoms with Gasteiger partial charge in [-0.15, -0.1) is 11.8 Å². The van der Waals surface area contributed by atoms with E-state index in [9.17, 15) is 5.11 Å². The van der Waals surface area contributed by atoms with E-state index in [0.717, 1.165) is 43.6 Å². The molecule has 0 bridgehead atoms. The Hall–Kier alpha value is -0.510. The second kappa shape index (κ2) is 4.30. The van der Waals surface area contributed by atoms with Crippen LogP contribution >= 0.6 is 11.8 Å². The van der Waals surface area contributed by atoms with Gasteiger partial charge in [0.1, 0.15) is 4.93 Å². The van der Waals surface area contributed by atoms with Crippen molar-refractivity contribution in [1.29, 1.82) is 0 Å². The Morgan fingerprint density at radius 2 is 2.00 bits per heavy atom. The lowest BCUT2D eigenvalue weighted by molar-refractivity contribution is -0.0829. The SMILES string of the molecule is OC1(c2ccccc2)CCCC2(C1)OCCS2. The van der Waals surface area contributed by atoms with Gasteiger partial charge in [-0.05, 0) is 24.8 Å². The van der Waals surface area contributed by atoms with E-state index in [1.54, 1.807) is 0 Å². The molecule has 1 aliphatic heterocycles. The minimum atomic E-state index is -0.698. The maximum atomic E-state index is 10.9. The first-order valence-electron chi connectivity index (χ1n) is 6.28. The molecule has 1 N–H and O–H groups in total. The lowest BCUT2D eigenvalue weighted by atomic mass is 9.78. The highest BCUT2D eigenvalue weighted by Gasteiger charge is 2.47. The Bertz CT molecular complexity index is 386. The number of rotatable bonds is 1. The van der Waals surface area contributed by atoms with Crippen molar-refractivity contribution in [3.8, 4) is 0 Å². The molecule has 17 heavy (non-hydrogen) atoms.